The van der Waals surface area contributed by atoms with Crippen LogP contribution in [0.25, 0.3) is 98.4 Å². The van der Waals surface area contributed by atoms with Gasteiger partial charge in [-0.05, 0) is 117 Å². The maximum Gasteiger partial charge on any atom is 0.0653 e. The molecule has 0 spiro atoms. The van der Waals surface area contributed by atoms with Crippen LogP contribution in [0.4, 0.5) is 34.1 Å². The van der Waals surface area contributed by atoms with Crippen molar-refractivity contribution in [2.24, 2.45) is 0 Å². The van der Waals surface area contributed by atoms with Crippen molar-refractivity contribution in [1.29, 1.82) is 0 Å². The fourth-order valence-electron chi connectivity index (χ4n) is 12.0. The molecule has 4 aromatic heterocycles. The summed E-state index contributed by atoms with van der Waals surface area (Å²) in [7, 11) is 0. The third kappa shape index (κ3) is 6.85. The molecule has 15 aromatic rings. The van der Waals surface area contributed by atoms with Crippen molar-refractivity contribution >= 4 is 110 Å². The molecule has 11 aromatic carbocycles. The lowest BCUT2D eigenvalue weighted by Crippen LogP contribution is -2.12. The number of nitrogens with zero attached hydrogens (tertiary/aromatic N) is 4. The van der Waals surface area contributed by atoms with Gasteiger partial charge in [0.1, 0.15) is 0 Å². The first-order valence-corrected chi connectivity index (χ1v) is 26.5. The summed E-state index contributed by atoms with van der Waals surface area (Å²) in [5.74, 6) is 0. The zero-order valence-electron chi connectivity index (χ0n) is 56.0. The van der Waals surface area contributed by atoms with E-state index in [4.69, 9.17) is 0 Å². The molecule has 0 aliphatic carbocycles. The lowest BCUT2D eigenvalue weighted by Gasteiger charge is -2.27. The van der Waals surface area contributed by atoms with E-state index in [1.165, 1.54) is 0 Å². The topological polar surface area (TPSA) is 15.3 Å². The van der Waals surface area contributed by atoms with E-state index in [0.717, 1.165) is 22.3 Å². The Balaban J connectivity index is 1.16. The summed E-state index contributed by atoms with van der Waals surface area (Å²) in [6.07, 6.45) is 0. The predicted molar refractivity (Wildman–Crippen MR) is 333 cm³/mol. The first-order valence-electron chi connectivity index (χ1n) is 32.5. The van der Waals surface area contributed by atoms with Gasteiger partial charge in [0, 0.05) is 65.8 Å². The standard InChI is InChI=1S/C74H58N4/c1-73(2,3)61-31-19-29-57-67-63(75(51-25-15-9-16-26-51)53-37-33-49(34-38-53)47-21-11-7-12-22-47)43-41-55-59-46-66-60(45-65(59)77(69(57)61)71(55)67)56-42-44-64(68-58-30-20-32-62(74(4,5)6)70(58)78(66)72(56)68)76(52-27-17-10-18-28-52)54-39-35-50(36-40-54)48-23-13-8-14-24-48/h7-46H,1-6H3/i19D,20D,29D,30D,31D,32D,41D,42D,43D,44D,45D,46D. The number of anilines is 6. The van der Waals surface area contributed by atoms with Gasteiger partial charge in [0.25, 0.3) is 0 Å². The highest BCUT2D eigenvalue weighted by Crippen LogP contribution is 2.53. The summed E-state index contributed by atoms with van der Waals surface area (Å²) in [5, 5.41) is 1.62. The summed E-state index contributed by atoms with van der Waals surface area (Å²) in [5.41, 5.74) is 7.34. The Kier molecular flexibility index (Phi) is 7.67. The normalized spacial score (nSPS) is 14.6. The molecule has 0 aliphatic heterocycles. The van der Waals surface area contributed by atoms with Crippen molar-refractivity contribution in [2.45, 2.75) is 52.4 Å². The minimum atomic E-state index is -0.888. The molecule has 0 N–H and O–H groups in total. The van der Waals surface area contributed by atoms with Crippen molar-refractivity contribution in [3.63, 3.8) is 0 Å². The number of para-hydroxylation sites is 4. The molecule has 78 heavy (non-hydrogen) atoms. The molecule has 0 aliphatic rings. The van der Waals surface area contributed by atoms with E-state index >= 15 is 0 Å². The summed E-state index contributed by atoms with van der Waals surface area (Å²) >= 11 is 0. The fraction of sp³-hybridized carbons (Fsp3) is 0.108. The lowest BCUT2D eigenvalue weighted by atomic mass is 9.85. The summed E-state index contributed by atoms with van der Waals surface area (Å²) in [6, 6.07) is 51.5. The lowest BCUT2D eigenvalue weighted by molar-refractivity contribution is 0.594. The van der Waals surface area contributed by atoms with Crippen molar-refractivity contribution in [1.82, 2.24) is 8.80 Å². The molecule has 0 unspecified atom stereocenters. The molecule has 374 valence electrons. The van der Waals surface area contributed by atoms with Gasteiger partial charge < -0.3 is 18.6 Å². The Labute approximate surface area is 471 Å². The number of fused-ring (bicyclic) bond motifs is 12. The fourth-order valence-corrected chi connectivity index (χ4v) is 12.0. The first kappa shape index (κ1) is 35.0. The van der Waals surface area contributed by atoms with Gasteiger partial charge in [0.05, 0.1) is 60.9 Å². The van der Waals surface area contributed by atoms with Crippen LogP contribution < -0.4 is 9.80 Å². The van der Waals surface area contributed by atoms with Crippen molar-refractivity contribution < 1.29 is 16.4 Å². The van der Waals surface area contributed by atoms with E-state index in [2.05, 4.69) is 0 Å². The molecule has 0 saturated carbocycles. The van der Waals surface area contributed by atoms with Crippen molar-refractivity contribution in [3.05, 3.63) is 253 Å². The SMILES string of the molecule is [2H]c1c([2H])c(C(C)(C)C)c2c(c1[2H])c1c(N(c3ccccc3)c3ccc(-c4ccccc4)cc3)c([2H])c([2H])c3c4c([2H])c5c(c([2H])c4n2c31)c1c([2H])c([2H])c(N(c2ccccc2)c2ccc(-c3ccccc3)cc2)c2c3c([2H])c([2H])c([2H])c(C(C)(C)C)c3n5c12. The smallest absolute Gasteiger partial charge is 0.0653 e. The van der Waals surface area contributed by atoms with Crippen LogP contribution in [0.1, 0.15) is 69.1 Å². The maximum absolute atomic E-state index is 11.0. The minimum Gasteiger partial charge on any atom is -0.310 e. The minimum absolute atomic E-state index is 0.119. The molecule has 4 nitrogen and oxygen atoms in total. The Bertz CT molecular complexity index is 5140. The molecule has 0 radical (unpaired) electrons. The molecular formula is C74H58N4. The second kappa shape index (κ2) is 17.1. The quantitative estimate of drug-likeness (QED) is 0.151. The zero-order valence-corrected chi connectivity index (χ0v) is 44.0. The van der Waals surface area contributed by atoms with Gasteiger partial charge in [-0.2, -0.15) is 0 Å². The molecule has 0 saturated heterocycles. The molecule has 4 heteroatoms. The van der Waals surface area contributed by atoms with Crippen LogP contribution in [0, 0.1) is 0 Å². The molecule has 0 atom stereocenters. The second-order valence-electron chi connectivity index (χ2n) is 22.4. The van der Waals surface area contributed by atoms with Crippen LogP contribution >= 0.6 is 0 Å². The van der Waals surface area contributed by atoms with Crippen molar-refractivity contribution in [2.75, 3.05) is 9.80 Å². The Hall–Kier alpha value is -9.38. The van der Waals surface area contributed by atoms with Gasteiger partial charge >= 0.3 is 0 Å². The third-order valence-electron chi connectivity index (χ3n) is 15.5. The summed E-state index contributed by atoms with van der Waals surface area (Å²) < 4.78 is 126. The van der Waals surface area contributed by atoms with Gasteiger partial charge in [-0.3, -0.25) is 0 Å². The number of aromatic nitrogens is 2. The van der Waals surface area contributed by atoms with E-state index in [1.807, 2.05) is 221 Å². The van der Waals surface area contributed by atoms with Crippen LogP contribution in [0.3, 0.4) is 0 Å². The van der Waals surface area contributed by atoms with Gasteiger partial charge in [-0.25, -0.2) is 0 Å². The molecule has 0 bridgehead atoms. The van der Waals surface area contributed by atoms with Gasteiger partial charge in [0.15, 0.2) is 0 Å². The van der Waals surface area contributed by atoms with Crippen LogP contribution in [-0.2, 0) is 10.8 Å². The van der Waals surface area contributed by atoms with E-state index in [0.29, 0.717) is 66.7 Å². The highest BCUT2D eigenvalue weighted by atomic mass is 15.2. The van der Waals surface area contributed by atoms with Crippen LogP contribution in [0.5, 0.6) is 0 Å². The number of hydrogen-bond donors (Lipinski definition) is 0. The highest BCUT2D eigenvalue weighted by molar-refractivity contribution is 6.32. The highest BCUT2D eigenvalue weighted by Gasteiger charge is 2.31. The number of benzene rings is 11. The predicted octanol–water partition coefficient (Wildman–Crippen LogP) is 20.9. The number of rotatable bonds is 8. The van der Waals surface area contributed by atoms with Gasteiger partial charge in [0.2, 0.25) is 0 Å². The van der Waals surface area contributed by atoms with Crippen LogP contribution in [0.15, 0.2) is 242 Å². The Morgan fingerprint density at radius 1 is 0.321 bits per heavy atom. The third-order valence-corrected chi connectivity index (χ3v) is 15.5. The van der Waals surface area contributed by atoms with Crippen LogP contribution in [0.2, 0.25) is 0 Å². The second-order valence-corrected chi connectivity index (χ2v) is 22.4. The molecule has 0 fully saturated rings. The van der Waals surface area contributed by atoms with E-state index < -0.39 is 10.8 Å². The molecule has 4 heterocycles. The first-order chi connectivity index (χ1) is 43.0. The van der Waals surface area contributed by atoms with E-state index in [9.17, 15) is 16.4 Å². The molecular weight excluding hydrogens is 945 g/mol. The molecule has 15 rings (SSSR count). The summed E-state index contributed by atoms with van der Waals surface area (Å²) in [4.78, 5) is 3.78. The van der Waals surface area contributed by atoms with E-state index in [-0.39, 0.29) is 127 Å². The Morgan fingerprint density at radius 2 is 0.654 bits per heavy atom. The maximum atomic E-state index is 11.0. The number of hydrogen-bond acceptors (Lipinski definition) is 2. The average Bonchev–Trinajstić information content (AvgIpc) is 1.49. The monoisotopic (exact) mass is 1010 g/mol. The van der Waals surface area contributed by atoms with Gasteiger partial charge in [-0.1, -0.05) is 211 Å². The summed E-state index contributed by atoms with van der Waals surface area (Å²) in [6.45, 7) is 11.5. The van der Waals surface area contributed by atoms with Crippen molar-refractivity contribution in [3.8, 4) is 22.3 Å². The van der Waals surface area contributed by atoms with Gasteiger partial charge in [-0.15, -0.1) is 0 Å². The van der Waals surface area contributed by atoms with E-state index in [1.54, 1.807) is 8.80 Å². The Morgan fingerprint density at radius 3 is 1.01 bits per heavy atom. The van der Waals surface area contributed by atoms with Crippen LogP contribution in [-0.4, -0.2) is 8.80 Å². The average molecular weight is 1020 g/mol. The largest absolute Gasteiger partial charge is 0.310 e. The zero-order chi connectivity index (χ0) is 63.0. The molecule has 0 amide bonds.